The van der Waals surface area contributed by atoms with Crippen LogP contribution in [0.5, 0.6) is 0 Å². The van der Waals surface area contributed by atoms with Crippen LogP contribution in [-0.4, -0.2) is 13.7 Å². The van der Waals surface area contributed by atoms with Gasteiger partial charge in [0, 0.05) is 18.9 Å². The number of aromatic nitrogens is 3. The van der Waals surface area contributed by atoms with Gasteiger partial charge in [0.1, 0.15) is 0 Å². The summed E-state index contributed by atoms with van der Waals surface area (Å²) in [6, 6.07) is 3.87. The zero-order valence-corrected chi connectivity index (χ0v) is 8.72. The standard InChI is InChI=1S/C8H7ClN4S/c9-7-8(13-14-12-7)11-5-6-2-1-3-10-4-6/h1-4H,5H2,(H,11,13). The van der Waals surface area contributed by atoms with E-state index < -0.39 is 0 Å². The van der Waals surface area contributed by atoms with Crippen LogP contribution in [-0.2, 0) is 6.54 Å². The average Bonchev–Trinajstić information content (AvgIpc) is 2.63. The van der Waals surface area contributed by atoms with Crippen LogP contribution in [0.25, 0.3) is 0 Å². The molecule has 1 N–H and O–H groups in total. The van der Waals surface area contributed by atoms with Gasteiger partial charge in [-0.2, -0.15) is 8.75 Å². The number of nitrogens with one attached hydrogen (secondary N) is 1. The second-order valence-electron chi connectivity index (χ2n) is 2.62. The van der Waals surface area contributed by atoms with Gasteiger partial charge in [0.05, 0.1) is 11.7 Å². The molecule has 0 fully saturated rings. The maximum atomic E-state index is 5.76. The maximum Gasteiger partial charge on any atom is 0.186 e. The molecule has 0 saturated carbocycles. The number of pyridine rings is 1. The molecule has 14 heavy (non-hydrogen) atoms. The fraction of sp³-hybridized carbons (Fsp3) is 0.125. The summed E-state index contributed by atoms with van der Waals surface area (Å²) in [5, 5.41) is 3.49. The second-order valence-corrected chi connectivity index (χ2v) is 3.50. The molecule has 6 heteroatoms. The molecule has 0 aromatic carbocycles. The van der Waals surface area contributed by atoms with Crippen molar-refractivity contribution in [2.75, 3.05) is 5.32 Å². The van der Waals surface area contributed by atoms with Crippen LogP contribution in [0, 0.1) is 0 Å². The van der Waals surface area contributed by atoms with E-state index in [0.717, 1.165) is 17.3 Å². The topological polar surface area (TPSA) is 50.7 Å². The van der Waals surface area contributed by atoms with Crippen molar-refractivity contribution in [2.24, 2.45) is 0 Å². The smallest absolute Gasteiger partial charge is 0.186 e. The zero-order chi connectivity index (χ0) is 9.80. The van der Waals surface area contributed by atoms with E-state index in [2.05, 4.69) is 19.0 Å². The minimum atomic E-state index is 0.416. The molecule has 0 atom stereocenters. The number of hydrogen-bond donors (Lipinski definition) is 1. The molecular formula is C8H7ClN4S. The molecule has 2 rings (SSSR count). The highest BCUT2D eigenvalue weighted by atomic mass is 35.5. The van der Waals surface area contributed by atoms with Gasteiger partial charge >= 0.3 is 0 Å². The van der Waals surface area contributed by atoms with Crippen LogP contribution in [0.2, 0.25) is 5.15 Å². The van der Waals surface area contributed by atoms with Crippen molar-refractivity contribution < 1.29 is 0 Å². The minimum absolute atomic E-state index is 0.416. The summed E-state index contributed by atoms with van der Waals surface area (Å²) >= 11 is 6.86. The molecular weight excluding hydrogens is 220 g/mol. The molecule has 0 saturated heterocycles. The van der Waals surface area contributed by atoms with Gasteiger partial charge in [0.2, 0.25) is 0 Å². The molecule has 0 bridgehead atoms. The van der Waals surface area contributed by atoms with E-state index in [-0.39, 0.29) is 0 Å². The number of hydrogen-bond acceptors (Lipinski definition) is 5. The maximum absolute atomic E-state index is 5.76. The molecule has 0 unspecified atom stereocenters. The summed E-state index contributed by atoms with van der Waals surface area (Å²) in [5.41, 5.74) is 1.08. The highest BCUT2D eigenvalue weighted by Gasteiger charge is 2.03. The molecule has 0 spiro atoms. The van der Waals surface area contributed by atoms with Crippen LogP contribution in [0.1, 0.15) is 5.56 Å². The van der Waals surface area contributed by atoms with Crippen LogP contribution >= 0.6 is 23.3 Å². The molecule has 0 amide bonds. The van der Waals surface area contributed by atoms with Crippen LogP contribution in [0.4, 0.5) is 5.82 Å². The lowest BCUT2D eigenvalue weighted by Gasteiger charge is -2.01. The van der Waals surface area contributed by atoms with Crippen molar-refractivity contribution in [1.29, 1.82) is 0 Å². The molecule has 2 aromatic rings. The fourth-order valence-electron chi connectivity index (χ4n) is 0.972. The van der Waals surface area contributed by atoms with E-state index in [1.165, 1.54) is 0 Å². The van der Waals surface area contributed by atoms with Gasteiger partial charge in [0.25, 0.3) is 0 Å². The van der Waals surface area contributed by atoms with E-state index in [0.29, 0.717) is 17.5 Å². The minimum Gasteiger partial charge on any atom is -0.362 e. The van der Waals surface area contributed by atoms with E-state index in [1.807, 2.05) is 12.1 Å². The molecule has 0 aliphatic carbocycles. The van der Waals surface area contributed by atoms with Crippen molar-refractivity contribution in [3.05, 3.63) is 35.2 Å². The lowest BCUT2D eigenvalue weighted by Crippen LogP contribution is -1.99. The largest absolute Gasteiger partial charge is 0.362 e. The highest BCUT2D eigenvalue weighted by molar-refractivity contribution is 6.99. The van der Waals surface area contributed by atoms with E-state index >= 15 is 0 Å². The fourth-order valence-corrected chi connectivity index (χ4v) is 1.66. The van der Waals surface area contributed by atoms with Crippen LogP contribution < -0.4 is 5.32 Å². The first kappa shape index (κ1) is 9.36. The number of halogens is 1. The summed E-state index contributed by atoms with van der Waals surface area (Å²) < 4.78 is 7.84. The van der Waals surface area contributed by atoms with Crippen molar-refractivity contribution in [1.82, 2.24) is 13.7 Å². The molecule has 0 aliphatic heterocycles. The Kier molecular flexibility index (Phi) is 2.90. The number of rotatable bonds is 3. The summed E-state index contributed by atoms with van der Waals surface area (Å²) in [4.78, 5) is 4.00. The van der Waals surface area contributed by atoms with E-state index in [4.69, 9.17) is 11.6 Å². The van der Waals surface area contributed by atoms with Gasteiger partial charge in [-0.1, -0.05) is 17.7 Å². The molecule has 72 valence electrons. The van der Waals surface area contributed by atoms with Gasteiger partial charge < -0.3 is 5.32 Å². The summed E-state index contributed by atoms with van der Waals surface area (Å²) in [7, 11) is 0. The third-order valence-corrected chi connectivity index (χ3v) is 2.52. The highest BCUT2D eigenvalue weighted by Crippen LogP contribution is 2.18. The van der Waals surface area contributed by atoms with E-state index in [1.54, 1.807) is 12.4 Å². The number of nitrogens with zero attached hydrogens (tertiary/aromatic N) is 3. The SMILES string of the molecule is Clc1nsnc1NCc1cccnc1. The predicted octanol–water partition coefficient (Wildman–Crippen LogP) is 2.20. The van der Waals surface area contributed by atoms with Crippen LogP contribution in [0.15, 0.2) is 24.5 Å². The van der Waals surface area contributed by atoms with Crippen LogP contribution in [0.3, 0.4) is 0 Å². The first-order valence-electron chi connectivity index (χ1n) is 3.97. The first-order valence-corrected chi connectivity index (χ1v) is 5.08. The Morgan fingerprint density at radius 1 is 1.43 bits per heavy atom. The molecule has 4 nitrogen and oxygen atoms in total. The monoisotopic (exact) mass is 226 g/mol. The Labute approximate surface area is 90.3 Å². The van der Waals surface area contributed by atoms with Crippen molar-refractivity contribution in [3.8, 4) is 0 Å². The zero-order valence-electron chi connectivity index (χ0n) is 7.14. The van der Waals surface area contributed by atoms with Crippen molar-refractivity contribution >= 4 is 29.1 Å². The number of anilines is 1. The Morgan fingerprint density at radius 3 is 3.00 bits per heavy atom. The van der Waals surface area contributed by atoms with Crippen molar-refractivity contribution in [2.45, 2.75) is 6.54 Å². The lowest BCUT2D eigenvalue weighted by atomic mass is 10.3. The van der Waals surface area contributed by atoms with Gasteiger partial charge in [-0.25, -0.2) is 0 Å². The van der Waals surface area contributed by atoms with Gasteiger partial charge in [-0.3, -0.25) is 4.98 Å². The molecule has 2 aromatic heterocycles. The normalized spacial score (nSPS) is 10.1. The summed E-state index contributed by atoms with van der Waals surface area (Å²) in [5.74, 6) is 0.625. The molecule has 2 heterocycles. The summed E-state index contributed by atoms with van der Waals surface area (Å²) in [6.07, 6.45) is 3.53. The van der Waals surface area contributed by atoms with Crippen molar-refractivity contribution in [3.63, 3.8) is 0 Å². The lowest BCUT2D eigenvalue weighted by molar-refractivity contribution is 1.10. The third kappa shape index (κ3) is 2.18. The molecule has 0 radical (unpaired) electrons. The third-order valence-electron chi connectivity index (χ3n) is 1.63. The summed E-state index contributed by atoms with van der Waals surface area (Å²) in [6.45, 7) is 0.652. The van der Waals surface area contributed by atoms with E-state index in [9.17, 15) is 0 Å². The Hall–Kier alpha value is -1.20. The second kappa shape index (κ2) is 4.34. The Morgan fingerprint density at radius 2 is 2.36 bits per heavy atom. The molecule has 0 aliphatic rings. The Bertz CT molecular complexity index is 403. The Balaban J connectivity index is 1.99. The predicted molar refractivity (Wildman–Crippen MR) is 56.5 cm³/mol. The van der Waals surface area contributed by atoms with Gasteiger partial charge in [-0.15, -0.1) is 0 Å². The van der Waals surface area contributed by atoms with Gasteiger partial charge in [-0.05, 0) is 11.6 Å². The van der Waals surface area contributed by atoms with Gasteiger partial charge in [0.15, 0.2) is 11.0 Å². The first-order chi connectivity index (χ1) is 6.86. The quantitative estimate of drug-likeness (QED) is 0.872. The average molecular weight is 227 g/mol.